The molecule has 0 bridgehead atoms. The predicted octanol–water partition coefficient (Wildman–Crippen LogP) is 9.73. The van der Waals surface area contributed by atoms with Crippen molar-refractivity contribution < 1.29 is 24.1 Å². The van der Waals surface area contributed by atoms with Crippen molar-refractivity contribution >= 4 is 5.69 Å². The zero-order valence-electron chi connectivity index (χ0n) is 32.7. The number of phenols is 1. The van der Waals surface area contributed by atoms with Gasteiger partial charge in [0.05, 0.1) is 34.1 Å². The standard InChI is InChI=1S/C46H55N3O5/c1-7-10-35-26-37(28-43(51-3)45(35)53-5)34-13-9-12-32(24-34)30-48-22-19-40(20-23-48)49(39-14-16-41(50)17-15-39)31-33-18-21-47-42(25-33)38-27-36(11-8-2)46(54-6)44(29-38)52-4/h9,12-18,21,24-29,40,50H,7-8,10-11,19-20,22-23,30-31H2,1-6H3. The molecule has 1 saturated heterocycles. The van der Waals surface area contributed by atoms with Crippen LogP contribution in [-0.4, -0.2) is 62.6 Å². The summed E-state index contributed by atoms with van der Waals surface area (Å²) in [6.45, 7) is 7.97. The van der Waals surface area contributed by atoms with Gasteiger partial charge in [0.15, 0.2) is 23.0 Å². The van der Waals surface area contributed by atoms with Crippen LogP contribution in [0.3, 0.4) is 0 Å². The van der Waals surface area contributed by atoms with E-state index in [0.29, 0.717) is 6.04 Å². The second kappa shape index (κ2) is 18.2. The minimum atomic E-state index is 0.271. The number of aromatic hydroxyl groups is 1. The molecule has 1 aliphatic heterocycles. The average molecular weight is 730 g/mol. The number of nitrogens with zero attached hydrogens (tertiary/aromatic N) is 3. The summed E-state index contributed by atoms with van der Waals surface area (Å²) in [6.07, 6.45) is 7.83. The monoisotopic (exact) mass is 729 g/mol. The number of aryl methyl sites for hydroxylation is 2. The highest BCUT2D eigenvalue weighted by Crippen LogP contribution is 2.39. The molecule has 8 heteroatoms. The van der Waals surface area contributed by atoms with Gasteiger partial charge in [0.1, 0.15) is 5.75 Å². The Hall–Kier alpha value is -5.21. The van der Waals surface area contributed by atoms with Crippen molar-refractivity contribution in [2.24, 2.45) is 0 Å². The minimum Gasteiger partial charge on any atom is -0.508 e. The third-order valence-corrected chi connectivity index (χ3v) is 10.5. The minimum absolute atomic E-state index is 0.271. The molecule has 1 fully saturated rings. The zero-order valence-corrected chi connectivity index (χ0v) is 32.7. The quantitative estimate of drug-likeness (QED) is 0.108. The molecule has 0 saturated carbocycles. The predicted molar refractivity (Wildman–Crippen MR) is 218 cm³/mol. The van der Waals surface area contributed by atoms with Crippen molar-refractivity contribution in [3.8, 4) is 51.1 Å². The van der Waals surface area contributed by atoms with Gasteiger partial charge in [0, 0.05) is 49.7 Å². The lowest BCUT2D eigenvalue weighted by atomic mass is 9.97. The molecule has 1 aromatic heterocycles. The molecule has 54 heavy (non-hydrogen) atoms. The number of hydrogen-bond donors (Lipinski definition) is 1. The maximum atomic E-state index is 10.1. The molecule has 5 aromatic rings. The summed E-state index contributed by atoms with van der Waals surface area (Å²) in [5, 5.41) is 10.1. The molecule has 6 rings (SSSR count). The van der Waals surface area contributed by atoms with E-state index in [4.69, 9.17) is 23.9 Å². The van der Waals surface area contributed by atoms with Crippen molar-refractivity contribution in [1.29, 1.82) is 0 Å². The molecule has 0 radical (unpaired) electrons. The highest BCUT2D eigenvalue weighted by atomic mass is 16.5. The number of benzene rings is 4. The number of phenolic OH excluding ortho intramolecular Hbond substituents is 1. The Morgan fingerprint density at radius 3 is 1.93 bits per heavy atom. The highest BCUT2D eigenvalue weighted by Gasteiger charge is 2.26. The van der Waals surface area contributed by atoms with Crippen molar-refractivity contribution in [1.82, 2.24) is 9.88 Å². The Labute approximate surface area is 321 Å². The van der Waals surface area contributed by atoms with Crippen LogP contribution >= 0.6 is 0 Å². The topological polar surface area (TPSA) is 76.5 Å². The first kappa shape index (κ1) is 38.5. The molecule has 2 heterocycles. The Balaban J connectivity index is 1.19. The lowest BCUT2D eigenvalue weighted by molar-refractivity contribution is 0.201. The molecule has 0 atom stereocenters. The van der Waals surface area contributed by atoms with Gasteiger partial charge < -0.3 is 29.0 Å². The highest BCUT2D eigenvalue weighted by molar-refractivity contribution is 5.70. The van der Waals surface area contributed by atoms with E-state index >= 15 is 0 Å². The molecule has 8 nitrogen and oxygen atoms in total. The molecular formula is C46H55N3O5. The Morgan fingerprint density at radius 1 is 0.685 bits per heavy atom. The molecule has 0 unspecified atom stereocenters. The van der Waals surface area contributed by atoms with E-state index in [-0.39, 0.29) is 5.75 Å². The molecule has 1 aliphatic rings. The van der Waals surface area contributed by atoms with Crippen molar-refractivity contribution in [2.75, 3.05) is 46.4 Å². The molecule has 284 valence electrons. The first-order valence-corrected chi connectivity index (χ1v) is 19.2. The van der Waals surface area contributed by atoms with Crippen LogP contribution in [0.2, 0.25) is 0 Å². The third-order valence-electron chi connectivity index (χ3n) is 10.5. The number of aromatic nitrogens is 1. The van der Waals surface area contributed by atoms with E-state index in [1.807, 2.05) is 24.4 Å². The van der Waals surface area contributed by atoms with Gasteiger partial charge in [0.2, 0.25) is 0 Å². The van der Waals surface area contributed by atoms with Crippen LogP contribution in [0.25, 0.3) is 22.4 Å². The van der Waals surface area contributed by atoms with E-state index in [2.05, 4.69) is 78.2 Å². The summed E-state index contributed by atoms with van der Waals surface area (Å²) in [6, 6.07) is 29.7. The number of rotatable bonds is 16. The SMILES string of the molecule is CCCc1cc(-c2cccc(CN3CCC(N(Cc4ccnc(-c5cc(CCC)c(OC)c(OC)c5)c4)c4ccc(O)cc4)CC3)c2)cc(OC)c1OC. The average Bonchev–Trinajstić information content (AvgIpc) is 3.20. The normalized spacial score (nSPS) is 13.4. The fraction of sp³-hybridized carbons (Fsp3) is 0.370. The summed E-state index contributed by atoms with van der Waals surface area (Å²) < 4.78 is 22.9. The Bertz CT molecular complexity index is 1990. The van der Waals surface area contributed by atoms with Gasteiger partial charge in [0.25, 0.3) is 0 Å². The van der Waals surface area contributed by atoms with Gasteiger partial charge in [-0.05, 0) is 126 Å². The Morgan fingerprint density at radius 2 is 1.31 bits per heavy atom. The number of anilines is 1. The lowest BCUT2D eigenvalue weighted by Gasteiger charge is -2.40. The molecule has 0 aliphatic carbocycles. The molecule has 4 aromatic carbocycles. The Kier molecular flexibility index (Phi) is 13.0. The molecule has 0 amide bonds. The smallest absolute Gasteiger partial charge is 0.163 e. The van der Waals surface area contributed by atoms with Gasteiger partial charge in [-0.2, -0.15) is 0 Å². The number of likely N-dealkylation sites (tertiary alicyclic amines) is 1. The van der Waals surface area contributed by atoms with E-state index in [0.717, 1.165) is 116 Å². The van der Waals surface area contributed by atoms with Crippen LogP contribution in [0.15, 0.2) is 91.1 Å². The van der Waals surface area contributed by atoms with Crippen LogP contribution in [0.1, 0.15) is 61.8 Å². The summed E-state index contributed by atoms with van der Waals surface area (Å²) >= 11 is 0. The van der Waals surface area contributed by atoms with E-state index in [1.54, 1.807) is 40.6 Å². The second-order valence-corrected chi connectivity index (χ2v) is 14.1. The first-order valence-electron chi connectivity index (χ1n) is 19.2. The van der Waals surface area contributed by atoms with Crippen molar-refractivity contribution in [3.63, 3.8) is 0 Å². The number of piperidine rings is 1. The van der Waals surface area contributed by atoms with Crippen LogP contribution < -0.4 is 23.8 Å². The van der Waals surface area contributed by atoms with Crippen LogP contribution in [0.5, 0.6) is 28.7 Å². The van der Waals surface area contributed by atoms with Crippen LogP contribution in [0.4, 0.5) is 5.69 Å². The van der Waals surface area contributed by atoms with Crippen LogP contribution in [-0.2, 0) is 25.9 Å². The van der Waals surface area contributed by atoms with Gasteiger partial charge in [-0.25, -0.2) is 0 Å². The van der Waals surface area contributed by atoms with Gasteiger partial charge >= 0.3 is 0 Å². The van der Waals surface area contributed by atoms with Crippen molar-refractivity contribution in [2.45, 2.75) is 71.5 Å². The zero-order chi connectivity index (χ0) is 38.0. The summed E-state index contributed by atoms with van der Waals surface area (Å²) in [4.78, 5) is 9.85. The fourth-order valence-corrected chi connectivity index (χ4v) is 7.81. The maximum Gasteiger partial charge on any atom is 0.163 e. The van der Waals surface area contributed by atoms with Crippen molar-refractivity contribution in [3.05, 3.63) is 113 Å². The molecule has 0 spiro atoms. The number of hydrogen-bond acceptors (Lipinski definition) is 8. The lowest BCUT2D eigenvalue weighted by Crippen LogP contribution is -2.44. The summed E-state index contributed by atoms with van der Waals surface area (Å²) in [5.74, 6) is 3.38. The largest absolute Gasteiger partial charge is 0.508 e. The van der Waals surface area contributed by atoms with Gasteiger partial charge in [-0.3, -0.25) is 9.88 Å². The summed E-state index contributed by atoms with van der Waals surface area (Å²) in [7, 11) is 6.79. The third kappa shape index (κ3) is 8.93. The summed E-state index contributed by atoms with van der Waals surface area (Å²) in [5.41, 5.74) is 10.1. The molecular weight excluding hydrogens is 675 g/mol. The number of methoxy groups -OCH3 is 4. The number of ether oxygens (including phenoxy) is 4. The van der Waals surface area contributed by atoms with Gasteiger partial charge in [-0.1, -0.05) is 44.9 Å². The van der Waals surface area contributed by atoms with E-state index in [1.165, 1.54) is 22.3 Å². The van der Waals surface area contributed by atoms with Crippen LogP contribution in [0, 0.1) is 0 Å². The van der Waals surface area contributed by atoms with E-state index in [9.17, 15) is 5.11 Å². The molecule has 1 N–H and O–H groups in total. The second-order valence-electron chi connectivity index (χ2n) is 14.1. The first-order chi connectivity index (χ1) is 26.4. The maximum absolute atomic E-state index is 10.1. The number of pyridine rings is 1. The fourth-order valence-electron chi connectivity index (χ4n) is 7.81. The van der Waals surface area contributed by atoms with Gasteiger partial charge in [-0.15, -0.1) is 0 Å². The van der Waals surface area contributed by atoms with E-state index < -0.39 is 0 Å².